The molecule has 0 atom stereocenters. The first kappa shape index (κ1) is 72.0. The van der Waals surface area contributed by atoms with Crippen molar-refractivity contribution in [1.29, 1.82) is 0 Å². The minimum absolute atomic E-state index is 0. The molecule has 6 N–H and O–H groups in total. The Kier molecular flexibility index (Phi) is 21.9. The SMILES string of the molecule is Cl.O=C(O)c1c[nH]c2cc(F)cc(Br)c12.O=C(OCC12CCN(CC1)CC2)c1c[nH]c2cc(F)cc(Br)c12.O=C(OCC12CCN(CC1)CC2)c1c[nH]c2cc(F)cc(Br)c12.[B][N+]12CCC(CO)(CC1)CC2.[B][N+]12CCC(COC(=O)c3c[nH]c4cc(F)cc(Br)c34)(CC1)CC2. The van der Waals surface area contributed by atoms with E-state index in [0.29, 0.717) is 109 Å². The maximum atomic E-state index is 13.5. The fourth-order valence-electron chi connectivity index (χ4n) is 15.1. The number of nitrogens with one attached hydrogen (secondary N) is 4. The number of benzene rings is 4. The lowest BCUT2D eigenvalue weighted by Gasteiger charge is -2.53. The van der Waals surface area contributed by atoms with E-state index < -0.39 is 11.8 Å². The lowest BCUT2D eigenvalue weighted by Crippen LogP contribution is -2.61. The van der Waals surface area contributed by atoms with Crippen LogP contribution in [0.1, 0.15) is 118 Å². The van der Waals surface area contributed by atoms with Crippen molar-refractivity contribution in [2.24, 2.45) is 21.7 Å². The number of hydrogen-bond acceptors (Lipinski definition) is 10. The molecular weight excluding hydrogens is 1530 g/mol. The maximum absolute atomic E-state index is 13.5. The monoisotopic (exact) mass is 1600 g/mol. The summed E-state index contributed by atoms with van der Waals surface area (Å²) in [6.07, 6.45) is 19.1. The summed E-state index contributed by atoms with van der Waals surface area (Å²) >= 11 is 13.1. The number of ether oxygens (including phenoxy) is 3. The molecule has 0 unspecified atom stereocenters. The highest BCUT2D eigenvalue weighted by molar-refractivity contribution is 9.11. The molecule has 8 aromatic rings. The van der Waals surface area contributed by atoms with Gasteiger partial charge in [-0.15, -0.1) is 12.4 Å². The number of carboxylic acids is 1. The Morgan fingerprint density at radius 3 is 0.927 bits per heavy atom. The highest BCUT2D eigenvalue weighted by Crippen LogP contribution is 2.46. The van der Waals surface area contributed by atoms with Crippen LogP contribution in [0.3, 0.4) is 0 Å². The normalized spacial score (nSPS) is 27.3. The third-order valence-electron chi connectivity index (χ3n) is 21.8. The van der Waals surface area contributed by atoms with Crippen LogP contribution in [0.4, 0.5) is 17.6 Å². The number of aliphatic hydroxyl groups is 1. The van der Waals surface area contributed by atoms with Crippen LogP contribution in [0.15, 0.2) is 91.2 Å². The van der Waals surface area contributed by atoms with Crippen molar-refractivity contribution in [2.75, 3.05) is 105 Å². The summed E-state index contributed by atoms with van der Waals surface area (Å²) in [5.41, 5.74) is 4.34. The number of esters is 3. The number of H-pyrrole nitrogens is 4. The molecule has 4 aromatic heterocycles. The van der Waals surface area contributed by atoms with E-state index in [9.17, 15) is 41.8 Å². The van der Waals surface area contributed by atoms with Crippen molar-refractivity contribution in [3.05, 3.63) is 137 Å². The number of carbonyl (C=O) groups is 4. The number of rotatable bonds is 11. The number of hydrogen-bond donors (Lipinski definition) is 6. The van der Waals surface area contributed by atoms with Crippen LogP contribution in [0.25, 0.3) is 43.6 Å². The number of aromatic nitrogens is 4. The molecular formula is C68H75B2Br4ClF4N8O9+2. The summed E-state index contributed by atoms with van der Waals surface area (Å²) in [6.45, 7) is 14.5. The summed E-state index contributed by atoms with van der Waals surface area (Å²) in [5.74, 6) is -3.56. The minimum Gasteiger partial charge on any atom is -0.478 e. The van der Waals surface area contributed by atoms with Gasteiger partial charge in [-0.2, -0.15) is 0 Å². The van der Waals surface area contributed by atoms with E-state index in [0.717, 1.165) is 160 Å². The highest BCUT2D eigenvalue weighted by atomic mass is 79.9. The third kappa shape index (κ3) is 15.5. The summed E-state index contributed by atoms with van der Waals surface area (Å²) in [6, 6.07) is 10.7. The number of piperidine rings is 12. The minimum atomic E-state index is -1.04. The number of carboxylic acid groups (broad SMARTS) is 1. The third-order valence-corrected chi connectivity index (χ3v) is 24.3. The van der Waals surface area contributed by atoms with Gasteiger partial charge in [-0.25, -0.2) is 36.7 Å². The summed E-state index contributed by atoms with van der Waals surface area (Å²) < 4.78 is 73.7. The average molecular weight is 1600 g/mol. The zero-order valence-electron chi connectivity index (χ0n) is 52.9. The molecule has 12 aliphatic heterocycles. The second kappa shape index (κ2) is 29.2. The number of fused-ring (bicyclic) bond motifs is 16. The second-order valence-electron chi connectivity index (χ2n) is 27.7. The zero-order valence-corrected chi connectivity index (χ0v) is 60.0. The van der Waals surface area contributed by atoms with Gasteiger partial charge in [0.05, 0.1) is 103 Å². The molecule has 0 amide bonds. The second-order valence-corrected chi connectivity index (χ2v) is 31.1. The van der Waals surface area contributed by atoms with E-state index in [1.165, 1.54) is 54.7 Å². The number of aliphatic hydroxyl groups excluding tert-OH is 1. The lowest BCUT2D eigenvalue weighted by atomic mass is 9.70. The topological polar surface area (TPSA) is 206 Å². The Morgan fingerprint density at radius 2 is 0.667 bits per heavy atom. The van der Waals surface area contributed by atoms with Gasteiger partial charge in [0.2, 0.25) is 0 Å². The molecule has 0 spiro atoms. The number of nitrogens with zero attached hydrogens (tertiary/aromatic N) is 4. The van der Waals surface area contributed by atoms with Crippen molar-refractivity contribution < 1.29 is 70.0 Å². The summed E-state index contributed by atoms with van der Waals surface area (Å²) in [7, 11) is 12.3. The quantitative estimate of drug-likeness (QED) is 0.0311. The molecule has 12 saturated heterocycles. The van der Waals surface area contributed by atoms with E-state index in [2.05, 4.69) is 93.5 Å². The van der Waals surface area contributed by atoms with Crippen LogP contribution < -0.4 is 0 Å². The number of quaternary nitrogens is 2. The van der Waals surface area contributed by atoms with Crippen molar-refractivity contribution >= 4 is 160 Å². The molecule has 12 fully saturated rings. The number of aromatic carboxylic acids is 1. The molecule has 4 radical (unpaired) electrons. The predicted octanol–water partition coefficient (Wildman–Crippen LogP) is 14.0. The molecule has 17 nitrogen and oxygen atoms in total. The maximum Gasteiger partial charge on any atom is 0.481 e. The van der Waals surface area contributed by atoms with Crippen molar-refractivity contribution in [3.63, 3.8) is 0 Å². The summed E-state index contributed by atoms with van der Waals surface area (Å²) in [4.78, 5) is 64.8. The van der Waals surface area contributed by atoms with Crippen LogP contribution in [-0.2, 0) is 14.2 Å². The van der Waals surface area contributed by atoms with E-state index in [4.69, 9.17) is 35.3 Å². The molecule has 4 aromatic carbocycles. The van der Waals surface area contributed by atoms with Crippen molar-refractivity contribution in [3.8, 4) is 0 Å². The molecule has 0 saturated carbocycles. The van der Waals surface area contributed by atoms with Crippen LogP contribution in [-0.4, -0.2) is 194 Å². The number of aromatic amines is 4. The Hall–Kier alpha value is -5.22. The molecule has 0 aliphatic carbocycles. The highest BCUT2D eigenvalue weighted by Gasteiger charge is 2.49. The lowest BCUT2D eigenvalue weighted by molar-refractivity contribution is -0.839. The molecule has 8 bridgehead atoms. The van der Waals surface area contributed by atoms with Gasteiger partial charge in [-0.3, -0.25) is 0 Å². The zero-order chi connectivity index (χ0) is 67.2. The molecule has 20 rings (SSSR count). The summed E-state index contributed by atoms with van der Waals surface area (Å²) in [5, 5.41) is 20.5. The first-order valence-electron chi connectivity index (χ1n) is 32.2. The van der Waals surface area contributed by atoms with E-state index in [1.54, 1.807) is 18.6 Å². The molecule has 96 heavy (non-hydrogen) atoms. The fourth-order valence-corrected chi connectivity index (χ4v) is 17.7. The van der Waals surface area contributed by atoms with Gasteiger partial charge < -0.3 is 62.9 Å². The first-order chi connectivity index (χ1) is 45.3. The Morgan fingerprint density at radius 1 is 0.427 bits per heavy atom. The average Bonchev–Trinajstić information content (AvgIpc) is 0.881. The molecule has 508 valence electrons. The molecule has 16 heterocycles. The fraction of sp³-hybridized carbons (Fsp3) is 0.471. The predicted molar refractivity (Wildman–Crippen MR) is 375 cm³/mol. The Bertz CT molecular complexity index is 4030. The van der Waals surface area contributed by atoms with Crippen molar-refractivity contribution in [2.45, 2.75) is 77.0 Å². The van der Waals surface area contributed by atoms with Gasteiger partial charge in [0.1, 0.15) is 23.3 Å². The number of halogens is 9. The van der Waals surface area contributed by atoms with E-state index in [1.807, 2.05) is 0 Å². The Labute approximate surface area is 595 Å². The smallest absolute Gasteiger partial charge is 0.478 e. The molecule has 28 heteroatoms. The van der Waals surface area contributed by atoms with E-state index in [-0.39, 0.29) is 75.0 Å². The van der Waals surface area contributed by atoms with Crippen molar-refractivity contribution in [1.82, 2.24) is 29.7 Å². The standard InChI is InChI=1S/C17H18BBrFN2O2.2C17H18BrFN2O2.C9H5BrFNO2.C8H15BNO.ClH/c18-22-4-1-17(2-5-22,3-6-22)10-24-16(23)12-9-21-14-8-11(20)7-13(19)15(12)14;2*18-13-7-11(19)8-14-15(13)12(9-20-14)16(22)23-10-17-1-4-21(5-2-17)6-3-17;10-6-1-4(11)2-7-8(6)5(3-12-7)9(13)14;9-10-4-1-8(7-11,2-5-10)3-6-10;/h7-9,21H,1-6,10H2;2*7-9,20H,1-6,10H2;1-3,12H,(H,13,14);11H,1-7H2;1H/q+1;;;;+1;. The van der Waals surface area contributed by atoms with Gasteiger partial charge in [0.25, 0.3) is 0 Å². The van der Waals surface area contributed by atoms with Gasteiger partial charge >= 0.3 is 39.8 Å². The number of carbonyl (C=O) groups excluding carboxylic acids is 3. The van der Waals surface area contributed by atoms with Gasteiger partial charge in [-0.05, 0) is 190 Å². The van der Waals surface area contributed by atoms with Crippen LogP contribution in [0, 0.1) is 44.9 Å². The van der Waals surface area contributed by atoms with E-state index >= 15 is 0 Å². The van der Waals surface area contributed by atoms with Crippen LogP contribution in [0.2, 0.25) is 0 Å². The van der Waals surface area contributed by atoms with Crippen LogP contribution >= 0.6 is 76.1 Å². The van der Waals surface area contributed by atoms with Gasteiger partial charge in [-0.1, -0.05) is 0 Å². The van der Waals surface area contributed by atoms with Gasteiger partial charge in [0.15, 0.2) is 0 Å². The van der Waals surface area contributed by atoms with Gasteiger partial charge in [0, 0.05) is 131 Å². The largest absolute Gasteiger partial charge is 0.481 e. The Balaban J connectivity index is 0.000000125. The molecule has 12 aliphatic rings. The first-order valence-corrected chi connectivity index (χ1v) is 35.4. The van der Waals surface area contributed by atoms with Crippen LogP contribution in [0.5, 0.6) is 0 Å².